The van der Waals surface area contributed by atoms with E-state index in [0.29, 0.717) is 18.8 Å². The Morgan fingerprint density at radius 2 is 1.76 bits per heavy atom. The van der Waals surface area contributed by atoms with E-state index in [1.807, 2.05) is 26.8 Å². The quantitative estimate of drug-likeness (QED) is 0.653. The summed E-state index contributed by atoms with van der Waals surface area (Å²) in [6.07, 6.45) is 2.42. The van der Waals surface area contributed by atoms with Crippen molar-refractivity contribution in [3.63, 3.8) is 0 Å². The molecule has 1 rings (SSSR count). The highest BCUT2D eigenvalue weighted by Gasteiger charge is 2.22. The van der Waals surface area contributed by atoms with Gasteiger partial charge in [-0.05, 0) is 31.4 Å². The highest BCUT2D eigenvalue weighted by atomic mass is 32.2. The van der Waals surface area contributed by atoms with E-state index >= 15 is 0 Å². The molecule has 0 bridgehead atoms. The fraction of sp³-hybridized carbons (Fsp3) is 0.600. The maximum absolute atomic E-state index is 12.3. The first kappa shape index (κ1) is 17.9. The summed E-state index contributed by atoms with van der Waals surface area (Å²) < 4.78 is 27.2. The Hall–Kier alpha value is -1.11. The lowest BCUT2D eigenvalue weighted by atomic mass is 9.94. The predicted molar refractivity (Wildman–Crippen MR) is 87.9 cm³/mol. The second kappa shape index (κ2) is 7.77. The van der Waals surface area contributed by atoms with Crippen LogP contribution in [0.3, 0.4) is 0 Å². The van der Waals surface area contributed by atoms with Gasteiger partial charge in [0.2, 0.25) is 10.0 Å². The van der Waals surface area contributed by atoms with Gasteiger partial charge in [-0.1, -0.05) is 32.9 Å². The van der Waals surface area contributed by atoms with Crippen molar-refractivity contribution < 1.29 is 8.42 Å². The zero-order valence-electron chi connectivity index (χ0n) is 13.1. The third-order valence-corrected chi connectivity index (χ3v) is 5.28. The molecule has 4 N–H and O–H groups in total. The summed E-state index contributed by atoms with van der Waals surface area (Å²) in [6.45, 7) is 6.98. The molecule has 0 atom stereocenters. The molecular formula is C15H27N3O2S. The molecule has 0 aromatic heterocycles. The Balaban J connectivity index is 2.95. The van der Waals surface area contributed by atoms with Gasteiger partial charge in [0.15, 0.2) is 0 Å². The number of rotatable bonds is 9. The lowest BCUT2D eigenvalue weighted by Crippen LogP contribution is -2.45. The molecule has 1 aromatic carbocycles. The summed E-state index contributed by atoms with van der Waals surface area (Å²) in [7, 11) is -3.49. The number of benzene rings is 1. The first-order valence-electron chi connectivity index (χ1n) is 7.50. The third kappa shape index (κ3) is 4.98. The predicted octanol–water partition coefficient (Wildman–Crippen LogP) is 2.30. The summed E-state index contributed by atoms with van der Waals surface area (Å²) in [4.78, 5) is 0.271. The fourth-order valence-electron chi connectivity index (χ4n) is 1.93. The molecule has 0 aliphatic rings. The van der Waals surface area contributed by atoms with Crippen molar-refractivity contribution >= 4 is 15.7 Å². The van der Waals surface area contributed by atoms with Crippen LogP contribution in [0.25, 0.3) is 0 Å². The number of hydrogen-bond donors (Lipinski definition) is 3. The van der Waals surface area contributed by atoms with Gasteiger partial charge in [0.25, 0.3) is 0 Å². The summed E-state index contributed by atoms with van der Waals surface area (Å²) >= 11 is 0. The first-order chi connectivity index (χ1) is 9.88. The van der Waals surface area contributed by atoms with Crippen LogP contribution >= 0.6 is 0 Å². The highest BCUT2D eigenvalue weighted by Crippen LogP contribution is 2.22. The highest BCUT2D eigenvalue weighted by molar-refractivity contribution is 7.89. The van der Waals surface area contributed by atoms with E-state index < -0.39 is 10.0 Å². The number of anilines is 1. The van der Waals surface area contributed by atoms with Gasteiger partial charge >= 0.3 is 0 Å². The standard InChI is InChI=1S/C15H27N3O2S/c1-4-11-18-21(19,20)14-10-8-7-9-13(14)17-12-15(16,5-2)6-3/h7-10,17-18H,4-6,11-12,16H2,1-3H3. The minimum absolute atomic E-state index is 0.271. The molecule has 5 nitrogen and oxygen atoms in total. The number of sulfonamides is 1. The van der Waals surface area contributed by atoms with E-state index in [0.717, 1.165) is 19.3 Å². The number of nitrogens with two attached hydrogens (primary N) is 1. The van der Waals surface area contributed by atoms with E-state index in [1.54, 1.807) is 18.2 Å². The molecule has 6 heteroatoms. The van der Waals surface area contributed by atoms with E-state index in [1.165, 1.54) is 0 Å². The van der Waals surface area contributed by atoms with Gasteiger partial charge in [0, 0.05) is 18.6 Å². The van der Waals surface area contributed by atoms with Crippen LogP contribution in [0.15, 0.2) is 29.2 Å². The molecule has 0 saturated carbocycles. The molecule has 0 unspecified atom stereocenters. The molecule has 0 aliphatic carbocycles. The van der Waals surface area contributed by atoms with Gasteiger partial charge < -0.3 is 11.1 Å². The van der Waals surface area contributed by atoms with E-state index in [9.17, 15) is 8.42 Å². The van der Waals surface area contributed by atoms with E-state index in [-0.39, 0.29) is 10.4 Å². The van der Waals surface area contributed by atoms with Gasteiger partial charge in [-0.3, -0.25) is 0 Å². The van der Waals surface area contributed by atoms with Gasteiger partial charge in [0.1, 0.15) is 4.90 Å². The molecule has 1 aromatic rings. The Labute approximate surface area is 128 Å². The van der Waals surface area contributed by atoms with Crippen LogP contribution in [0.5, 0.6) is 0 Å². The monoisotopic (exact) mass is 313 g/mol. The summed E-state index contributed by atoms with van der Waals surface area (Å²) in [5.74, 6) is 0. The van der Waals surface area contributed by atoms with Crippen molar-refractivity contribution in [1.29, 1.82) is 0 Å². The Morgan fingerprint density at radius 3 is 2.33 bits per heavy atom. The normalized spacial score (nSPS) is 12.4. The maximum atomic E-state index is 12.3. The number of hydrogen-bond acceptors (Lipinski definition) is 4. The van der Waals surface area contributed by atoms with Gasteiger partial charge in [-0.2, -0.15) is 0 Å². The van der Waals surface area contributed by atoms with Crippen molar-refractivity contribution in [2.75, 3.05) is 18.4 Å². The lowest BCUT2D eigenvalue weighted by Gasteiger charge is -2.28. The first-order valence-corrected chi connectivity index (χ1v) is 8.98. The SMILES string of the molecule is CCCNS(=O)(=O)c1ccccc1NCC(N)(CC)CC. The maximum Gasteiger partial charge on any atom is 0.242 e. The van der Waals surface area contributed by atoms with Crippen LogP contribution in [0, 0.1) is 0 Å². The number of nitrogens with one attached hydrogen (secondary N) is 2. The van der Waals surface area contributed by atoms with Crippen LogP contribution in [-0.2, 0) is 10.0 Å². The van der Waals surface area contributed by atoms with Gasteiger partial charge in [-0.25, -0.2) is 13.1 Å². The Kier molecular flexibility index (Phi) is 6.64. The second-order valence-electron chi connectivity index (χ2n) is 5.32. The Bertz CT molecular complexity index is 540. The average molecular weight is 313 g/mol. The molecule has 0 fully saturated rings. The van der Waals surface area contributed by atoms with E-state index in [4.69, 9.17) is 5.73 Å². The average Bonchev–Trinajstić information content (AvgIpc) is 2.51. The van der Waals surface area contributed by atoms with Gasteiger partial charge in [-0.15, -0.1) is 0 Å². The zero-order valence-corrected chi connectivity index (χ0v) is 14.0. The van der Waals surface area contributed by atoms with Crippen molar-refractivity contribution in [3.8, 4) is 0 Å². The summed E-state index contributed by atoms with van der Waals surface area (Å²) in [6, 6.07) is 6.92. The third-order valence-electron chi connectivity index (χ3n) is 3.76. The lowest BCUT2D eigenvalue weighted by molar-refractivity contribution is 0.418. The summed E-state index contributed by atoms with van der Waals surface area (Å²) in [5, 5.41) is 3.19. The molecule has 21 heavy (non-hydrogen) atoms. The topological polar surface area (TPSA) is 84.2 Å². The van der Waals surface area contributed by atoms with Crippen molar-refractivity contribution in [2.24, 2.45) is 5.73 Å². The van der Waals surface area contributed by atoms with Crippen LogP contribution in [0.1, 0.15) is 40.0 Å². The van der Waals surface area contributed by atoms with E-state index in [2.05, 4.69) is 10.0 Å². The molecule has 0 radical (unpaired) electrons. The molecule has 0 saturated heterocycles. The van der Waals surface area contributed by atoms with Crippen LogP contribution in [0.2, 0.25) is 0 Å². The largest absolute Gasteiger partial charge is 0.382 e. The smallest absolute Gasteiger partial charge is 0.242 e. The zero-order chi connectivity index (χ0) is 15.9. The number of para-hydroxylation sites is 1. The van der Waals surface area contributed by atoms with Crippen LogP contribution in [0.4, 0.5) is 5.69 Å². The van der Waals surface area contributed by atoms with Crippen LogP contribution < -0.4 is 15.8 Å². The molecule has 0 amide bonds. The van der Waals surface area contributed by atoms with Crippen molar-refractivity contribution in [3.05, 3.63) is 24.3 Å². The molecule has 120 valence electrons. The molecule has 0 aliphatic heterocycles. The van der Waals surface area contributed by atoms with Crippen molar-refractivity contribution in [1.82, 2.24) is 4.72 Å². The van der Waals surface area contributed by atoms with Crippen LogP contribution in [-0.4, -0.2) is 27.0 Å². The molecule has 0 spiro atoms. The van der Waals surface area contributed by atoms with Gasteiger partial charge in [0.05, 0.1) is 5.69 Å². The van der Waals surface area contributed by atoms with Crippen molar-refractivity contribution in [2.45, 2.75) is 50.5 Å². The fourth-order valence-corrected chi connectivity index (χ4v) is 3.25. The summed E-state index contributed by atoms with van der Waals surface area (Å²) in [5.41, 5.74) is 6.53. The molecule has 0 heterocycles. The Morgan fingerprint density at radius 1 is 1.14 bits per heavy atom. The second-order valence-corrected chi connectivity index (χ2v) is 7.05. The minimum Gasteiger partial charge on any atom is -0.382 e. The minimum atomic E-state index is -3.49. The molecular weight excluding hydrogens is 286 g/mol.